The third-order valence-electron chi connectivity index (χ3n) is 6.71. The molecule has 0 saturated carbocycles. The highest BCUT2D eigenvalue weighted by molar-refractivity contribution is 7.91. The van der Waals surface area contributed by atoms with Crippen LogP contribution in [-0.2, 0) is 14.6 Å². The lowest BCUT2D eigenvalue weighted by Crippen LogP contribution is -2.38. The number of morpholine rings is 1. The summed E-state index contributed by atoms with van der Waals surface area (Å²) >= 11 is 0. The van der Waals surface area contributed by atoms with E-state index in [2.05, 4.69) is 9.88 Å². The predicted octanol–water partition coefficient (Wildman–Crippen LogP) is 4.48. The highest BCUT2D eigenvalue weighted by atomic mass is 32.2. The van der Waals surface area contributed by atoms with Gasteiger partial charge in [-0.25, -0.2) is 13.4 Å². The molecule has 0 bridgehead atoms. The predicted molar refractivity (Wildman–Crippen MR) is 147 cm³/mol. The van der Waals surface area contributed by atoms with Gasteiger partial charge >= 0.3 is 0 Å². The van der Waals surface area contributed by atoms with Crippen LogP contribution in [0.3, 0.4) is 0 Å². The van der Waals surface area contributed by atoms with Gasteiger partial charge in [0.2, 0.25) is 0 Å². The van der Waals surface area contributed by atoms with E-state index in [0.717, 1.165) is 60.6 Å². The molecular formula is C29H31N3O5S. The van der Waals surface area contributed by atoms with Gasteiger partial charge in [0.15, 0.2) is 21.3 Å². The number of ether oxygens (including phenoxy) is 3. The van der Waals surface area contributed by atoms with Crippen molar-refractivity contribution in [3.05, 3.63) is 66.9 Å². The first-order valence-electron chi connectivity index (χ1n) is 12.7. The molecule has 3 aromatic carbocycles. The van der Waals surface area contributed by atoms with Gasteiger partial charge in [-0.15, -0.1) is 0 Å². The van der Waals surface area contributed by atoms with Crippen molar-refractivity contribution in [1.29, 1.82) is 0 Å². The van der Waals surface area contributed by atoms with Gasteiger partial charge in [-0.2, -0.15) is 0 Å². The molecule has 198 valence electrons. The van der Waals surface area contributed by atoms with Crippen LogP contribution < -0.4 is 9.47 Å². The maximum atomic E-state index is 12.2. The first kappa shape index (κ1) is 26.1. The summed E-state index contributed by atoms with van der Waals surface area (Å²) in [6, 6.07) is 18.5. The fourth-order valence-corrected chi connectivity index (χ4v) is 5.35. The molecule has 0 N–H and O–H groups in total. The number of aromatic nitrogens is 2. The van der Waals surface area contributed by atoms with E-state index in [0.29, 0.717) is 28.7 Å². The lowest BCUT2D eigenvalue weighted by Gasteiger charge is -2.26. The molecule has 1 aliphatic heterocycles. The van der Waals surface area contributed by atoms with Crippen molar-refractivity contribution in [2.45, 2.75) is 11.8 Å². The number of hydrogen-bond donors (Lipinski definition) is 0. The molecule has 4 aromatic rings. The van der Waals surface area contributed by atoms with Crippen molar-refractivity contribution >= 4 is 20.9 Å². The first-order valence-corrected chi connectivity index (χ1v) is 14.3. The second kappa shape index (κ2) is 11.5. The molecule has 1 saturated heterocycles. The normalized spacial score (nSPS) is 14.5. The summed E-state index contributed by atoms with van der Waals surface area (Å²) < 4.78 is 41.5. The molecule has 1 fully saturated rings. The van der Waals surface area contributed by atoms with Gasteiger partial charge in [0.1, 0.15) is 6.61 Å². The zero-order valence-corrected chi connectivity index (χ0v) is 22.4. The molecule has 1 aliphatic rings. The molecule has 0 unspecified atom stereocenters. The van der Waals surface area contributed by atoms with Crippen LogP contribution in [0.5, 0.6) is 11.5 Å². The van der Waals surface area contributed by atoms with Crippen LogP contribution in [-0.4, -0.2) is 75.6 Å². The van der Waals surface area contributed by atoms with Crippen LogP contribution in [0.2, 0.25) is 0 Å². The van der Waals surface area contributed by atoms with Gasteiger partial charge in [0.25, 0.3) is 0 Å². The van der Waals surface area contributed by atoms with Crippen LogP contribution in [0.1, 0.15) is 6.92 Å². The number of sulfone groups is 1. The molecule has 9 heteroatoms. The Morgan fingerprint density at radius 2 is 1.74 bits per heavy atom. The van der Waals surface area contributed by atoms with Crippen LogP contribution in [0, 0.1) is 0 Å². The molecule has 0 radical (unpaired) electrons. The molecule has 0 amide bonds. The zero-order chi connectivity index (χ0) is 26.5. The van der Waals surface area contributed by atoms with E-state index in [9.17, 15) is 8.42 Å². The quantitative estimate of drug-likeness (QED) is 0.311. The fraction of sp³-hybridized carbons (Fsp3) is 0.310. The van der Waals surface area contributed by atoms with Crippen LogP contribution in [0.15, 0.2) is 71.8 Å². The SMILES string of the molecule is CCS(=O)(=O)c1ccc(-c2cccc3ncc(-c4ccc(OCCN5CCOCC5)c(OC)c4)nc23)cc1. The maximum absolute atomic E-state index is 12.2. The largest absolute Gasteiger partial charge is 0.493 e. The van der Waals surface area contributed by atoms with Crippen molar-refractivity contribution in [3.63, 3.8) is 0 Å². The average Bonchev–Trinajstić information content (AvgIpc) is 2.97. The van der Waals surface area contributed by atoms with Crippen molar-refractivity contribution in [2.75, 3.05) is 52.3 Å². The number of benzene rings is 3. The molecule has 2 heterocycles. The second-order valence-corrected chi connectivity index (χ2v) is 11.3. The van der Waals surface area contributed by atoms with Crippen molar-refractivity contribution in [2.24, 2.45) is 0 Å². The number of rotatable bonds is 9. The van der Waals surface area contributed by atoms with Gasteiger partial charge in [-0.1, -0.05) is 31.2 Å². The highest BCUT2D eigenvalue weighted by Crippen LogP contribution is 2.34. The van der Waals surface area contributed by atoms with Gasteiger partial charge in [-0.3, -0.25) is 9.88 Å². The summed E-state index contributed by atoms with van der Waals surface area (Å²) in [5.41, 5.74) is 4.81. The Bertz CT molecular complexity index is 1520. The van der Waals surface area contributed by atoms with Crippen LogP contribution >= 0.6 is 0 Å². The lowest BCUT2D eigenvalue weighted by molar-refractivity contribution is 0.0321. The molecule has 0 aliphatic carbocycles. The molecular weight excluding hydrogens is 502 g/mol. The minimum Gasteiger partial charge on any atom is -0.493 e. The third-order valence-corrected chi connectivity index (χ3v) is 8.46. The van der Waals surface area contributed by atoms with E-state index in [1.54, 1.807) is 32.4 Å². The van der Waals surface area contributed by atoms with E-state index < -0.39 is 9.84 Å². The molecule has 1 aromatic heterocycles. The molecule has 5 rings (SSSR count). The minimum atomic E-state index is -3.26. The van der Waals surface area contributed by atoms with Crippen LogP contribution in [0.25, 0.3) is 33.4 Å². The summed E-state index contributed by atoms with van der Waals surface area (Å²) in [6.45, 7) is 6.40. The van der Waals surface area contributed by atoms with E-state index >= 15 is 0 Å². The number of hydrogen-bond acceptors (Lipinski definition) is 8. The fourth-order valence-electron chi connectivity index (χ4n) is 4.47. The zero-order valence-electron chi connectivity index (χ0n) is 21.6. The van der Waals surface area contributed by atoms with Crippen molar-refractivity contribution in [1.82, 2.24) is 14.9 Å². The summed E-state index contributed by atoms with van der Waals surface area (Å²) in [5.74, 6) is 1.38. The van der Waals surface area contributed by atoms with Gasteiger partial charge < -0.3 is 14.2 Å². The third kappa shape index (κ3) is 5.65. The molecule has 0 atom stereocenters. The van der Waals surface area contributed by atoms with Crippen LogP contribution in [0.4, 0.5) is 0 Å². The van der Waals surface area contributed by atoms with E-state index in [1.807, 2.05) is 48.5 Å². The number of fused-ring (bicyclic) bond motifs is 1. The summed E-state index contributed by atoms with van der Waals surface area (Å²) in [6.07, 6.45) is 1.75. The van der Waals surface area contributed by atoms with Gasteiger partial charge in [0.05, 0.1) is 53.9 Å². The number of methoxy groups -OCH3 is 1. The Labute approximate surface area is 223 Å². The summed E-state index contributed by atoms with van der Waals surface area (Å²) in [4.78, 5) is 12.2. The molecule has 0 spiro atoms. The number of nitrogens with zero attached hydrogens (tertiary/aromatic N) is 3. The second-order valence-electron chi connectivity index (χ2n) is 9.02. The van der Waals surface area contributed by atoms with Crippen molar-refractivity contribution in [3.8, 4) is 33.9 Å². The Morgan fingerprint density at radius 3 is 2.47 bits per heavy atom. The van der Waals surface area contributed by atoms with E-state index in [-0.39, 0.29) is 5.75 Å². The Kier molecular flexibility index (Phi) is 7.87. The smallest absolute Gasteiger partial charge is 0.178 e. The maximum Gasteiger partial charge on any atom is 0.178 e. The lowest BCUT2D eigenvalue weighted by atomic mass is 10.0. The van der Waals surface area contributed by atoms with Gasteiger partial charge in [-0.05, 0) is 42.0 Å². The minimum absolute atomic E-state index is 0.0661. The standard InChI is InChI=1S/C29H31N3O5S/c1-3-38(33,34)23-10-7-21(8-11-23)24-5-4-6-25-29(24)31-26(20-30-25)22-9-12-27(28(19-22)35-2)37-18-15-32-13-16-36-17-14-32/h4-12,19-20H,3,13-18H2,1-2H3. The Morgan fingerprint density at radius 1 is 0.974 bits per heavy atom. The van der Waals surface area contributed by atoms with Gasteiger partial charge in [0, 0.05) is 30.8 Å². The number of para-hydroxylation sites is 1. The molecule has 38 heavy (non-hydrogen) atoms. The van der Waals surface area contributed by atoms with E-state index in [4.69, 9.17) is 19.2 Å². The highest BCUT2D eigenvalue weighted by Gasteiger charge is 2.15. The molecule has 8 nitrogen and oxygen atoms in total. The Hall–Kier alpha value is -3.53. The van der Waals surface area contributed by atoms with E-state index in [1.165, 1.54) is 0 Å². The Balaban J connectivity index is 1.41. The average molecular weight is 534 g/mol. The van der Waals surface area contributed by atoms with Crippen molar-refractivity contribution < 1.29 is 22.6 Å². The first-order chi connectivity index (χ1) is 18.5. The topological polar surface area (TPSA) is 90.9 Å². The summed E-state index contributed by atoms with van der Waals surface area (Å²) in [5, 5.41) is 0. The summed E-state index contributed by atoms with van der Waals surface area (Å²) in [7, 11) is -1.64. The monoisotopic (exact) mass is 533 g/mol.